The second kappa shape index (κ2) is 9.89. The monoisotopic (exact) mass is 369 g/mol. The molecule has 0 atom stereocenters. The molecule has 144 valence electrons. The van der Waals surface area contributed by atoms with Gasteiger partial charge in [0.25, 0.3) is 0 Å². The van der Waals surface area contributed by atoms with Crippen LogP contribution < -0.4 is 20.4 Å². The average molecular weight is 369 g/mol. The molecule has 1 aliphatic heterocycles. The van der Waals surface area contributed by atoms with Crippen molar-refractivity contribution in [3.8, 4) is 5.88 Å². The van der Waals surface area contributed by atoms with E-state index in [1.807, 2.05) is 31.3 Å². The van der Waals surface area contributed by atoms with Crippen molar-refractivity contribution in [1.82, 2.24) is 10.3 Å². The maximum atomic E-state index is 5.78. The summed E-state index contributed by atoms with van der Waals surface area (Å²) in [5.41, 5.74) is 6.32. The van der Waals surface area contributed by atoms with Crippen LogP contribution in [0.3, 0.4) is 0 Å². The number of hydrazone groups is 1. The van der Waals surface area contributed by atoms with E-state index in [-0.39, 0.29) is 0 Å². The first-order chi connectivity index (χ1) is 13.2. The second-order valence-corrected chi connectivity index (χ2v) is 6.38. The minimum Gasteiger partial charge on any atom is -0.476 e. The number of ether oxygens (including phenoxy) is 2. The number of nitrogens with zero attached hydrogens (tertiary/aromatic N) is 3. The van der Waals surface area contributed by atoms with Gasteiger partial charge in [-0.2, -0.15) is 10.1 Å². The van der Waals surface area contributed by atoms with E-state index in [2.05, 4.69) is 44.8 Å². The van der Waals surface area contributed by atoms with Gasteiger partial charge in [-0.3, -0.25) is 5.43 Å². The number of aryl methyl sites for hydroxylation is 1. The number of hydrogen-bond acceptors (Lipinski definition) is 7. The molecule has 1 aromatic carbocycles. The highest BCUT2D eigenvalue weighted by molar-refractivity contribution is 5.80. The number of rotatable bonds is 8. The SMILES string of the molecule is CNCCOc1cc(N2CCOCC2)cc(NN=Cc2cccc(C)c2)n1. The zero-order valence-electron chi connectivity index (χ0n) is 15.9. The third-order valence-corrected chi connectivity index (χ3v) is 4.20. The Morgan fingerprint density at radius 3 is 2.89 bits per heavy atom. The maximum absolute atomic E-state index is 5.78. The summed E-state index contributed by atoms with van der Waals surface area (Å²) < 4.78 is 11.2. The number of anilines is 2. The molecule has 1 saturated heterocycles. The largest absolute Gasteiger partial charge is 0.476 e. The van der Waals surface area contributed by atoms with Crippen LogP contribution in [0.1, 0.15) is 11.1 Å². The maximum Gasteiger partial charge on any atom is 0.217 e. The van der Waals surface area contributed by atoms with Crippen LogP contribution in [-0.4, -0.2) is 57.7 Å². The normalized spacial score (nSPS) is 14.5. The fourth-order valence-corrected chi connectivity index (χ4v) is 2.81. The van der Waals surface area contributed by atoms with Gasteiger partial charge in [-0.25, -0.2) is 0 Å². The van der Waals surface area contributed by atoms with Crippen LogP contribution in [0.5, 0.6) is 5.88 Å². The number of benzene rings is 1. The van der Waals surface area contributed by atoms with Crippen molar-refractivity contribution in [1.29, 1.82) is 0 Å². The van der Waals surface area contributed by atoms with Crippen molar-refractivity contribution < 1.29 is 9.47 Å². The smallest absolute Gasteiger partial charge is 0.217 e. The summed E-state index contributed by atoms with van der Waals surface area (Å²) in [6.07, 6.45) is 1.79. The van der Waals surface area contributed by atoms with Crippen molar-refractivity contribution in [2.24, 2.45) is 5.10 Å². The van der Waals surface area contributed by atoms with Crippen LogP contribution in [0.15, 0.2) is 41.5 Å². The van der Waals surface area contributed by atoms with Gasteiger partial charge in [-0.15, -0.1) is 0 Å². The van der Waals surface area contributed by atoms with Crippen molar-refractivity contribution >= 4 is 17.7 Å². The Balaban J connectivity index is 1.74. The van der Waals surface area contributed by atoms with Crippen LogP contribution in [-0.2, 0) is 4.74 Å². The molecule has 2 heterocycles. The zero-order valence-corrected chi connectivity index (χ0v) is 15.9. The molecule has 1 aliphatic rings. The van der Waals surface area contributed by atoms with Gasteiger partial charge >= 0.3 is 0 Å². The van der Waals surface area contributed by atoms with E-state index >= 15 is 0 Å². The topological polar surface area (TPSA) is 71.0 Å². The number of hydrogen-bond donors (Lipinski definition) is 2. The third-order valence-electron chi connectivity index (χ3n) is 4.20. The van der Waals surface area contributed by atoms with Crippen LogP contribution in [0.4, 0.5) is 11.5 Å². The van der Waals surface area contributed by atoms with Gasteiger partial charge < -0.3 is 19.7 Å². The van der Waals surface area contributed by atoms with E-state index in [1.54, 1.807) is 6.21 Å². The standard InChI is InChI=1S/C20H27N5O2/c1-16-4-3-5-17(12-16)15-22-24-19-13-18(25-7-10-26-11-8-25)14-20(23-19)27-9-6-21-2/h3-5,12-15,21H,6-11H2,1-2H3,(H,23,24). The molecule has 0 bridgehead atoms. The second-order valence-electron chi connectivity index (χ2n) is 6.38. The fraction of sp³-hybridized carbons (Fsp3) is 0.400. The molecule has 0 spiro atoms. The average Bonchev–Trinajstić information content (AvgIpc) is 2.69. The molecule has 1 fully saturated rings. The molecule has 2 aromatic rings. The lowest BCUT2D eigenvalue weighted by Crippen LogP contribution is -2.36. The number of nitrogens with one attached hydrogen (secondary N) is 2. The molecular weight excluding hydrogens is 342 g/mol. The van der Waals surface area contributed by atoms with Crippen molar-refractivity contribution in [3.63, 3.8) is 0 Å². The number of likely N-dealkylation sites (N-methyl/N-ethyl adjacent to an activating group) is 1. The molecule has 0 aliphatic carbocycles. The predicted octanol–water partition coefficient (Wildman–Crippen LogP) is 2.27. The summed E-state index contributed by atoms with van der Waals surface area (Å²) in [5.74, 6) is 1.24. The first kappa shape index (κ1) is 19.1. The van der Waals surface area contributed by atoms with E-state index in [9.17, 15) is 0 Å². The molecule has 7 nitrogen and oxygen atoms in total. The Labute approximate surface area is 160 Å². The molecule has 27 heavy (non-hydrogen) atoms. The lowest BCUT2D eigenvalue weighted by atomic mass is 10.2. The van der Waals surface area contributed by atoms with Crippen LogP contribution in [0.2, 0.25) is 0 Å². The molecule has 0 unspecified atom stereocenters. The van der Waals surface area contributed by atoms with Gasteiger partial charge in [0.15, 0.2) is 5.82 Å². The van der Waals surface area contributed by atoms with Gasteiger partial charge in [0.05, 0.1) is 19.4 Å². The Morgan fingerprint density at radius 1 is 1.26 bits per heavy atom. The zero-order chi connectivity index (χ0) is 18.9. The quantitative estimate of drug-likeness (QED) is 0.423. The number of pyridine rings is 1. The molecule has 1 aromatic heterocycles. The van der Waals surface area contributed by atoms with Crippen LogP contribution in [0, 0.1) is 6.92 Å². The molecule has 2 N–H and O–H groups in total. The lowest BCUT2D eigenvalue weighted by Gasteiger charge is -2.29. The Morgan fingerprint density at radius 2 is 2.11 bits per heavy atom. The van der Waals surface area contributed by atoms with E-state index < -0.39 is 0 Å². The number of aromatic nitrogens is 1. The van der Waals surface area contributed by atoms with E-state index in [1.165, 1.54) is 5.56 Å². The fourth-order valence-electron chi connectivity index (χ4n) is 2.81. The lowest BCUT2D eigenvalue weighted by molar-refractivity contribution is 0.122. The third kappa shape index (κ3) is 5.94. The Kier molecular flexibility index (Phi) is 7.01. The molecule has 0 amide bonds. The van der Waals surface area contributed by atoms with Crippen molar-refractivity contribution in [2.75, 3.05) is 56.8 Å². The molecule has 3 rings (SSSR count). The van der Waals surface area contributed by atoms with E-state index in [4.69, 9.17) is 9.47 Å². The minimum atomic E-state index is 0.558. The summed E-state index contributed by atoms with van der Waals surface area (Å²) in [7, 11) is 1.90. The predicted molar refractivity (Wildman–Crippen MR) is 109 cm³/mol. The summed E-state index contributed by atoms with van der Waals surface area (Å²) in [6.45, 7) is 6.55. The summed E-state index contributed by atoms with van der Waals surface area (Å²) >= 11 is 0. The molecule has 0 saturated carbocycles. The van der Waals surface area contributed by atoms with Crippen molar-refractivity contribution in [3.05, 3.63) is 47.5 Å². The first-order valence-corrected chi connectivity index (χ1v) is 9.22. The van der Waals surface area contributed by atoms with E-state index in [0.29, 0.717) is 18.3 Å². The summed E-state index contributed by atoms with van der Waals surface area (Å²) in [5, 5.41) is 7.40. The highest BCUT2D eigenvalue weighted by atomic mass is 16.5. The Bertz CT molecular complexity index is 760. The minimum absolute atomic E-state index is 0.558. The highest BCUT2D eigenvalue weighted by Crippen LogP contribution is 2.24. The van der Waals surface area contributed by atoms with Gasteiger partial charge in [-0.1, -0.05) is 29.8 Å². The summed E-state index contributed by atoms with van der Waals surface area (Å²) in [4.78, 5) is 6.79. The van der Waals surface area contributed by atoms with Crippen LogP contribution >= 0.6 is 0 Å². The van der Waals surface area contributed by atoms with Gasteiger partial charge in [-0.05, 0) is 19.5 Å². The first-order valence-electron chi connectivity index (χ1n) is 9.22. The summed E-state index contributed by atoms with van der Waals surface area (Å²) in [6, 6.07) is 12.1. The van der Waals surface area contributed by atoms with Gasteiger partial charge in [0.2, 0.25) is 5.88 Å². The molecular formula is C20H27N5O2. The highest BCUT2D eigenvalue weighted by Gasteiger charge is 2.14. The molecule has 7 heteroatoms. The van der Waals surface area contributed by atoms with Gasteiger partial charge in [0.1, 0.15) is 6.61 Å². The van der Waals surface area contributed by atoms with Crippen LogP contribution in [0.25, 0.3) is 0 Å². The number of morpholine rings is 1. The molecule has 0 radical (unpaired) electrons. The van der Waals surface area contributed by atoms with Crippen molar-refractivity contribution in [2.45, 2.75) is 6.92 Å². The van der Waals surface area contributed by atoms with Gasteiger partial charge in [0, 0.05) is 37.5 Å². The Hall–Kier alpha value is -2.64. The van der Waals surface area contributed by atoms with E-state index in [0.717, 1.165) is 44.1 Å².